The van der Waals surface area contributed by atoms with Crippen LogP contribution in [0.2, 0.25) is 0 Å². The van der Waals surface area contributed by atoms with E-state index in [1.165, 1.54) is 0 Å². The van der Waals surface area contributed by atoms with E-state index in [4.69, 9.17) is 4.74 Å². The largest absolute Gasteiger partial charge is 0.381 e. The highest BCUT2D eigenvalue weighted by molar-refractivity contribution is 5.65. The zero-order valence-electron chi connectivity index (χ0n) is 11.8. The van der Waals surface area contributed by atoms with E-state index in [1.807, 2.05) is 6.07 Å². The molecule has 0 radical (unpaired) electrons. The molecule has 1 N–H and O–H groups in total. The Hall–Kier alpha value is -1.62. The van der Waals surface area contributed by atoms with Gasteiger partial charge in [-0.15, -0.1) is 0 Å². The number of hydrogen-bond donors (Lipinski definition) is 1. The van der Waals surface area contributed by atoms with Crippen molar-refractivity contribution < 1.29 is 9.66 Å². The molecule has 2 atom stereocenters. The lowest BCUT2D eigenvalue weighted by Gasteiger charge is -2.51. The second kappa shape index (κ2) is 4.81. The number of aryl methyl sites for hydroxylation is 1. The van der Waals surface area contributed by atoms with E-state index < -0.39 is 0 Å². The Bertz CT molecular complexity index is 499. The fourth-order valence-corrected chi connectivity index (χ4v) is 2.74. The number of nitrogens with one attached hydrogen (secondary N) is 1. The van der Waals surface area contributed by atoms with Crippen LogP contribution in [0.25, 0.3) is 0 Å². The maximum atomic E-state index is 11.2. The van der Waals surface area contributed by atoms with Gasteiger partial charge in [0.05, 0.1) is 11.0 Å². The van der Waals surface area contributed by atoms with E-state index >= 15 is 0 Å². The van der Waals surface area contributed by atoms with Crippen LogP contribution < -0.4 is 5.32 Å². The molecule has 1 fully saturated rings. The van der Waals surface area contributed by atoms with Crippen molar-refractivity contribution in [2.45, 2.75) is 39.3 Å². The lowest BCUT2D eigenvalue weighted by atomic mass is 9.64. The molecular weight excluding hydrogens is 244 g/mol. The minimum Gasteiger partial charge on any atom is -0.381 e. The van der Waals surface area contributed by atoms with Gasteiger partial charge in [-0.25, -0.2) is 0 Å². The van der Waals surface area contributed by atoms with Crippen LogP contribution in [-0.2, 0) is 4.74 Å². The van der Waals surface area contributed by atoms with Crippen molar-refractivity contribution in [1.82, 2.24) is 0 Å². The minimum absolute atomic E-state index is 0.0215. The molecule has 19 heavy (non-hydrogen) atoms. The van der Waals surface area contributed by atoms with Crippen molar-refractivity contribution in [3.63, 3.8) is 0 Å². The van der Waals surface area contributed by atoms with Gasteiger partial charge in [0.25, 0.3) is 5.69 Å². The number of nitrogens with zero attached hydrogens (tertiary/aromatic N) is 1. The summed E-state index contributed by atoms with van der Waals surface area (Å²) in [5.41, 5.74) is 1.42. The van der Waals surface area contributed by atoms with Crippen LogP contribution in [-0.4, -0.2) is 24.2 Å². The third-order valence-electron chi connectivity index (χ3n) is 4.21. The minimum atomic E-state index is -0.322. The Morgan fingerprint density at radius 2 is 2.16 bits per heavy atom. The smallest absolute Gasteiger partial charge is 0.295 e. The van der Waals surface area contributed by atoms with Gasteiger partial charge in [0, 0.05) is 24.1 Å². The van der Waals surface area contributed by atoms with Crippen LogP contribution >= 0.6 is 0 Å². The van der Waals surface area contributed by atoms with E-state index in [1.54, 1.807) is 26.2 Å². The highest BCUT2D eigenvalue weighted by Gasteiger charge is 2.49. The van der Waals surface area contributed by atoms with Crippen LogP contribution in [0.5, 0.6) is 0 Å². The molecule has 2 rings (SSSR count). The van der Waals surface area contributed by atoms with Gasteiger partial charge in [-0.05, 0) is 19.4 Å². The van der Waals surface area contributed by atoms with Crippen LogP contribution in [0.1, 0.15) is 25.8 Å². The first-order chi connectivity index (χ1) is 8.87. The standard InChI is InChI=1S/C14H20N2O3/c1-9-6-5-7-10(13(9)16(17)18)15-11-8-12(19-4)14(11,2)3/h5-7,11-12,15H,8H2,1-4H3. The molecule has 1 aromatic rings. The van der Waals surface area contributed by atoms with E-state index in [0.717, 1.165) is 6.42 Å². The fourth-order valence-electron chi connectivity index (χ4n) is 2.74. The summed E-state index contributed by atoms with van der Waals surface area (Å²) in [7, 11) is 1.71. The Labute approximate surface area is 113 Å². The number of para-hydroxylation sites is 1. The molecule has 2 unspecified atom stereocenters. The molecule has 1 aliphatic rings. The fraction of sp³-hybridized carbons (Fsp3) is 0.571. The average molecular weight is 264 g/mol. The number of nitro benzene ring substituents is 1. The number of nitro groups is 1. The molecule has 5 heteroatoms. The van der Waals surface area contributed by atoms with Crippen molar-refractivity contribution in [2.75, 3.05) is 12.4 Å². The number of methoxy groups -OCH3 is 1. The van der Waals surface area contributed by atoms with E-state index in [9.17, 15) is 10.1 Å². The van der Waals surface area contributed by atoms with Crippen molar-refractivity contribution in [3.8, 4) is 0 Å². The van der Waals surface area contributed by atoms with Gasteiger partial charge in [-0.2, -0.15) is 0 Å². The zero-order valence-corrected chi connectivity index (χ0v) is 11.8. The molecule has 104 valence electrons. The predicted octanol–water partition coefficient (Wildman–Crippen LogP) is 3.13. The summed E-state index contributed by atoms with van der Waals surface area (Å²) in [6.07, 6.45) is 1.07. The molecule has 0 aliphatic heterocycles. The molecule has 0 bridgehead atoms. The van der Waals surface area contributed by atoms with E-state index in [2.05, 4.69) is 19.2 Å². The number of rotatable bonds is 4. The van der Waals surface area contributed by atoms with Crippen molar-refractivity contribution in [3.05, 3.63) is 33.9 Å². The molecule has 0 aromatic heterocycles. The van der Waals surface area contributed by atoms with Crippen molar-refractivity contribution in [2.24, 2.45) is 5.41 Å². The van der Waals surface area contributed by atoms with Gasteiger partial charge in [-0.1, -0.05) is 26.0 Å². The number of ether oxygens (including phenoxy) is 1. The summed E-state index contributed by atoms with van der Waals surface area (Å²) in [6.45, 7) is 5.99. The maximum absolute atomic E-state index is 11.2. The Morgan fingerprint density at radius 3 is 2.68 bits per heavy atom. The van der Waals surface area contributed by atoms with Gasteiger partial charge in [0.2, 0.25) is 0 Å². The van der Waals surface area contributed by atoms with Gasteiger partial charge in [-0.3, -0.25) is 10.1 Å². The predicted molar refractivity (Wildman–Crippen MR) is 74.4 cm³/mol. The molecule has 1 aromatic carbocycles. The maximum Gasteiger partial charge on any atom is 0.295 e. The third-order valence-corrected chi connectivity index (χ3v) is 4.21. The summed E-state index contributed by atoms with van der Waals surface area (Å²) in [5, 5.41) is 14.5. The Kier molecular flexibility index (Phi) is 3.49. The first-order valence-electron chi connectivity index (χ1n) is 6.41. The first kappa shape index (κ1) is 13.8. The quantitative estimate of drug-likeness (QED) is 0.670. The molecule has 0 saturated heterocycles. The molecule has 0 spiro atoms. The SMILES string of the molecule is COC1CC(Nc2cccc(C)c2[N+](=O)[O-])C1(C)C. The van der Waals surface area contributed by atoms with Crippen LogP contribution in [0.15, 0.2) is 18.2 Å². The molecule has 1 aliphatic carbocycles. The van der Waals surface area contributed by atoms with E-state index in [0.29, 0.717) is 11.3 Å². The summed E-state index contributed by atoms with van der Waals surface area (Å²) < 4.78 is 5.40. The summed E-state index contributed by atoms with van der Waals surface area (Å²) in [5.74, 6) is 0. The lowest BCUT2D eigenvalue weighted by Crippen LogP contribution is -2.57. The Balaban J connectivity index is 2.22. The molecular formula is C14H20N2O3. The van der Waals surface area contributed by atoms with Gasteiger partial charge >= 0.3 is 0 Å². The van der Waals surface area contributed by atoms with Crippen LogP contribution in [0.3, 0.4) is 0 Å². The normalized spacial score (nSPS) is 24.6. The number of benzene rings is 1. The molecule has 0 heterocycles. The second-order valence-electron chi connectivity index (χ2n) is 5.71. The average Bonchev–Trinajstić information content (AvgIpc) is 2.33. The number of anilines is 1. The highest BCUT2D eigenvalue weighted by atomic mass is 16.6. The van der Waals surface area contributed by atoms with Gasteiger partial charge < -0.3 is 10.1 Å². The van der Waals surface area contributed by atoms with Gasteiger partial charge in [0.15, 0.2) is 0 Å². The van der Waals surface area contributed by atoms with E-state index in [-0.39, 0.29) is 28.2 Å². The van der Waals surface area contributed by atoms with Crippen molar-refractivity contribution in [1.29, 1.82) is 0 Å². The van der Waals surface area contributed by atoms with Gasteiger partial charge in [0.1, 0.15) is 5.69 Å². The first-order valence-corrected chi connectivity index (χ1v) is 6.41. The summed E-state index contributed by atoms with van der Waals surface area (Å²) >= 11 is 0. The highest BCUT2D eigenvalue weighted by Crippen LogP contribution is 2.45. The molecule has 1 saturated carbocycles. The van der Waals surface area contributed by atoms with Crippen LogP contribution in [0, 0.1) is 22.5 Å². The topological polar surface area (TPSA) is 64.4 Å². The summed E-state index contributed by atoms with van der Waals surface area (Å²) in [6, 6.07) is 5.55. The van der Waals surface area contributed by atoms with Crippen molar-refractivity contribution >= 4 is 11.4 Å². The number of hydrogen-bond acceptors (Lipinski definition) is 4. The monoisotopic (exact) mass is 264 g/mol. The third kappa shape index (κ3) is 2.30. The lowest BCUT2D eigenvalue weighted by molar-refractivity contribution is -0.384. The zero-order chi connectivity index (χ0) is 14.2. The Morgan fingerprint density at radius 1 is 1.47 bits per heavy atom. The second-order valence-corrected chi connectivity index (χ2v) is 5.71. The molecule has 5 nitrogen and oxygen atoms in total. The summed E-state index contributed by atoms with van der Waals surface area (Å²) in [4.78, 5) is 10.8. The van der Waals surface area contributed by atoms with Crippen LogP contribution in [0.4, 0.5) is 11.4 Å². The molecule has 0 amide bonds.